The number of rotatable bonds is 2. The molecule has 0 amide bonds. The quantitative estimate of drug-likeness (QED) is 0.780. The average molecular weight is 240 g/mol. The van der Waals surface area contributed by atoms with Crippen molar-refractivity contribution in [3.63, 3.8) is 0 Å². The molecule has 1 saturated carbocycles. The van der Waals surface area contributed by atoms with E-state index in [-0.39, 0.29) is 5.79 Å². The molecule has 0 aromatic rings. The van der Waals surface area contributed by atoms with Crippen LogP contribution < -0.4 is 5.32 Å². The highest BCUT2D eigenvalue weighted by atomic mass is 16.7. The van der Waals surface area contributed by atoms with Crippen LogP contribution in [-0.4, -0.2) is 56.1 Å². The Bertz CT molecular complexity index is 258. The molecule has 1 spiro atoms. The van der Waals surface area contributed by atoms with E-state index in [9.17, 15) is 0 Å². The lowest BCUT2D eigenvalue weighted by molar-refractivity contribution is -0.222. The third-order valence-electron chi connectivity index (χ3n) is 4.55. The summed E-state index contributed by atoms with van der Waals surface area (Å²) in [5.41, 5.74) is 0. The molecule has 4 heteroatoms. The standard InChI is InChI=1S/C13H24N2O2/c1-14-11-5-4-6-13(16-9-10-17-13)12(11)15-7-2-3-8-15/h11-12,14H,2-10H2,1H3/t11-,12+/m0/s1. The fourth-order valence-corrected chi connectivity index (χ4v) is 3.82. The first-order valence-electron chi connectivity index (χ1n) is 7.05. The van der Waals surface area contributed by atoms with Gasteiger partial charge in [0.05, 0.1) is 19.3 Å². The Morgan fingerprint density at radius 1 is 1.12 bits per heavy atom. The van der Waals surface area contributed by atoms with Crippen LogP contribution in [0.25, 0.3) is 0 Å². The van der Waals surface area contributed by atoms with Crippen molar-refractivity contribution in [3.8, 4) is 0 Å². The first-order valence-corrected chi connectivity index (χ1v) is 7.05. The third kappa shape index (κ3) is 2.01. The average Bonchev–Trinajstić information content (AvgIpc) is 3.01. The van der Waals surface area contributed by atoms with Crippen LogP contribution in [0, 0.1) is 0 Å². The van der Waals surface area contributed by atoms with Gasteiger partial charge < -0.3 is 14.8 Å². The number of nitrogens with zero attached hydrogens (tertiary/aromatic N) is 1. The minimum absolute atomic E-state index is 0.309. The van der Waals surface area contributed by atoms with Gasteiger partial charge in [-0.25, -0.2) is 0 Å². The lowest BCUT2D eigenvalue weighted by Gasteiger charge is -2.48. The molecular weight excluding hydrogens is 216 g/mol. The number of likely N-dealkylation sites (N-methyl/N-ethyl adjacent to an activating group) is 1. The van der Waals surface area contributed by atoms with Gasteiger partial charge in [-0.3, -0.25) is 4.90 Å². The maximum Gasteiger partial charge on any atom is 0.185 e. The molecule has 4 nitrogen and oxygen atoms in total. The summed E-state index contributed by atoms with van der Waals surface area (Å²) >= 11 is 0. The van der Waals surface area contributed by atoms with E-state index in [1.165, 1.54) is 38.8 Å². The van der Waals surface area contributed by atoms with Crippen LogP contribution in [0.15, 0.2) is 0 Å². The second-order valence-electron chi connectivity index (χ2n) is 5.48. The third-order valence-corrected chi connectivity index (χ3v) is 4.55. The molecule has 98 valence electrons. The molecule has 0 aromatic carbocycles. The first kappa shape index (κ1) is 11.9. The number of hydrogen-bond acceptors (Lipinski definition) is 4. The number of nitrogens with one attached hydrogen (secondary N) is 1. The number of hydrogen-bond donors (Lipinski definition) is 1. The molecular formula is C13H24N2O2. The molecule has 2 aliphatic heterocycles. The molecule has 2 heterocycles. The Morgan fingerprint density at radius 3 is 2.47 bits per heavy atom. The molecule has 0 aromatic heterocycles. The predicted octanol–water partition coefficient (Wildman–Crippen LogP) is 0.966. The van der Waals surface area contributed by atoms with Gasteiger partial charge in [0.1, 0.15) is 0 Å². The van der Waals surface area contributed by atoms with Crippen LogP contribution in [0.1, 0.15) is 32.1 Å². The van der Waals surface area contributed by atoms with Crippen molar-refractivity contribution in [2.45, 2.75) is 50.0 Å². The summed E-state index contributed by atoms with van der Waals surface area (Å²) < 4.78 is 12.1. The Morgan fingerprint density at radius 2 is 1.82 bits per heavy atom. The molecule has 17 heavy (non-hydrogen) atoms. The lowest BCUT2D eigenvalue weighted by atomic mass is 9.83. The SMILES string of the molecule is CN[C@H]1CCCC2(OCCO2)[C@@H]1N1CCCC1. The highest BCUT2D eigenvalue weighted by Crippen LogP contribution is 2.40. The molecule has 3 fully saturated rings. The van der Waals surface area contributed by atoms with E-state index in [1.54, 1.807) is 0 Å². The molecule has 2 saturated heterocycles. The summed E-state index contributed by atoms with van der Waals surface area (Å²) in [6, 6.07) is 0.922. The Labute approximate surface area is 104 Å². The lowest BCUT2D eigenvalue weighted by Crippen LogP contribution is -2.63. The van der Waals surface area contributed by atoms with Crippen molar-refractivity contribution in [1.29, 1.82) is 0 Å². The molecule has 0 radical (unpaired) electrons. The minimum Gasteiger partial charge on any atom is -0.346 e. The highest BCUT2D eigenvalue weighted by Gasteiger charge is 2.52. The highest BCUT2D eigenvalue weighted by molar-refractivity contribution is 5.01. The van der Waals surface area contributed by atoms with Crippen LogP contribution in [0.4, 0.5) is 0 Å². The van der Waals surface area contributed by atoms with Gasteiger partial charge in [0.25, 0.3) is 0 Å². The van der Waals surface area contributed by atoms with Crippen molar-refractivity contribution in [3.05, 3.63) is 0 Å². The molecule has 3 rings (SSSR count). The van der Waals surface area contributed by atoms with E-state index < -0.39 is 0 Å². The maximum atomic E-state index is 6.03. The monoisotopic (exact) mass is 240 g/mol. The fourth-order valence-electron chi connectivity index (χ4n) is 3.82. The van der Waals surface area contributed by atoms with Gasteiger partial charge in [-0.05, 0) is 45.8 Å². The van der Waals surface area contributed by atoms with E-state index in [1.807, 2.05) is 0 Å². The molecule has 3 aliphatic rings. The fraction of sp³-hybridized carbons (Fsp3) is 1.00. The largest absolute Gasteiger partial charge is 0.346 e. The number of ether oxygens (including phenoxy) is 2. The topological polar surface area (TPSA) is 33.7 Å². The first-order chi connectivity index (χ1) is 8.36. The van der Waals surface area contributed by atoms with E-state index in [4.69, 9.17) is 9.47 Å². The van der Waals surface area contributed by atoms with E-state index >= 15 is 0 Å². The number of likely N-dealkylation sites (tertiary alicyclic amines) is 1. The summed E-state index contributed by atoms with van der Waals surface area (Å²) in [6.07, 6.45) is 6.15. The summed E-state index contributed by atoms with van der Waals surface area (Å²) in [6.45, 7) is 3.94. The van der Waals surface area contributed by atoms with Gasteiger partial charge in [-0.15, -0.1) is 0 Å². The summed E-state index contributed by atoms with van der Waals surface area (Å²) in [4.78, 5) is 2.59. The van der Waals surface area contributed by atoms with E-state index in [0.717, 1.165) is 19.6 Å². The summed E-state index contributed by atoms with van der Waals surface area (Å²) in [5, 5.41) is 3.48. The van der Waals surface area contributed by atoms with Crippen molar-refractivity contribution in [2.75, 3.05) is 33.4 Å². The van der Waals surface area contributed by atoms with Crippen molar-refractivity contribution < 1.29 is 9.47 Å². The van der Waals surface area contributed by atoms with E-state index in [0.29, 0.717) is 12.1 Å². The van der Waals surface area contributed by atoms with Crippen molar-refractivity contribution in [1.82, 2.24) is 10.2 Å². The maximum absolute atomic E-state index is 6.03. The molecule has 0 unspecified atom stereocenters. The van der Waals surface area contributed by atoms with Gasteiger partial charge in [0.15, 0.2) is 5.79 Å². The van der Waals surface area contributed by atoms with Crippen LogP contribution in [0.5, 0.6) is 0 Å². The molecule has 0 bridgehead atoms. The Kier molecular flexibility index (Phi) is 3.39. The second kappa shape index (κ2) is 4.84. The van der Waals surface area contributed by atoms with Gasteiger partial charge in [-0.2, -0.15) is 0 Å². The second-order valence-corrected chi connectivity index (χ2v) is 5.48. The van der Waals surface area contributed by atoms with E-state index in [2.05, 4.69) is 17.3 Å². The van der Waals surface area contributed by atoms with Crippen molar-refractivity contribution in [2.24, 2.45) is 0 Å². The zero-order chi connectivity index (χ0) is 11.7. The van der Waals surface area contributed by atoms with Crippen LogP contribution in [0.2, 0.25) is 0 Å². The Hall–Kier alpha value is -0.160. The van der Waals surface area contributed by atoms with Gasteiger partial charge in [0, 0.05) is 12.5 Å². The molecule has 2 atom stereocenters. The summed E-state index contributed by atoms with van der Waals surface area (Å²) in [5.74, 6) is -0.309. The van der Waals surface area contributed by atoms with Crippen molar-refractivity contribution >= 4 is 0 Å². The minimum atomic E-state index is -0.309. The van der Waals surface area contributed by atoms with Gasteiger partial charge >= 0.3 is 0 Å². The van der Waals surface area contributed by atoms with Gasteiger partial charge in [0.2, 0.25) is 0 Å². The summed E-state index contributed by atoms with van der Waals surface area (Å²) in [7, 11) is 2.07. The zero-order valence-corrected chi connectivity index (χ0v) is 10.8. The normalized spacial score (nSPS) is 37.9. The van der Waals surface area contributed by atoms with Gasteiger partial charge in [-0.1, -0.05) is 0 Å². The predicted molar refractivity (Wildman–Crippen MR) is 65.9 cm³/mol. The Balaban J connectivity index is 1.84. The zero-order valence-electron chi connectivity index (χ0n) is 10.8. The van der Waals surface area contributed by atoms with Crippen LogP contribution >= 0.6 is 0 Å². The molecule has 1 N–H and O–H groups in total. The smallest absolute Gasteiger partial charge is 0.185 e. The van der Waals surface area contributed by atoms with Crippen LogP contribution in [-0.2, 0) is 9.47 Å². The van der Waals surface area contributed by atoms with Crippen LogP contribution in [0.3, 0.4) is 0 Å². The molecule has 1 aliphatic carbocycles.